The molecule has 0 heterocycles. The molecule has 0 radical (unpaired) electrons. The molecule has 0 amide bonds. The molecule has 208 valence electrons. The van der Waals surface area contributed by atoms with Gasteiger partial charge in [0.25, 0.3) is 0 Å². The third-order valence-corrected chi connectivity index (χ3v) is 9.28. The summed E-state index contributed by atoms with van der Waals surface area (Å²) in [5.41, 5.74) is 3.20. The van der Waals surface area contributed by atoms with Crippen molar-refractivity contribution in [3.05, 3.63) is 89.7 Å². The number of rotatable bonds is 7. The minimum absolute atomic E-state index is 0.0353. The fourth-order valence-electron chi connectivity index (χ4n) is 6.78. The summed E-state index contributed by atoms with van der Waals surface area (Å²) in [6, 6.07) is 12.7. The molecule has 39 heavy (non-hydrogen) atoms. The molecule has 1 nitrogen and oxygen atoms in total. The molecule has 3 aliphatic carbocycles. The van der Waals surface area contributed by atoms with Crippen molar-refractivity contribution in [2.45, 2.75) is 89.9 Å². The van der Waals surface area contributed by atoms with Crippen molar-refractivity contribution in [2.24, 2.45) is 17.8 Å². The van der Waals surface area contributed by atoms with E-state index in [4.69, 9.17) is 4.74 Å². The van der Waals surface area contributed by atoms with Crippen LogP contribution in [0, 0.1) is 23.6 Å². The molecule has 2 unspecified atom stereocenters. The van der Waals surface area contributed by atoms with Gasteiger partial charge in [-0.25, -0.2) is 13.2 Å². The smallest absolute Gasteiger partial charge is 0.193 e. The van der Waals surface area contributed by atoms with E-state index in [9.17, 15) is 8.78 Å². The number of alkyl halides is 2. The number of allylic oxidation sites excluding steroid dienone is 5. The highest BCUT2D eigenvalue weighted by Crippen LogP contribution is 2.44. The lowest BCUT2D eigenvalue weighted by molar-refractivity contribution is 0.165. The lowest BCUT2D eigenvalue weighted by Gasteiger charge is -2.37. The molecule has 2 atom stereocenters. The van der Waals surface area contributed by atoms with Crippen LogP contribution in [0.2, 0.25) is 0 Å². The van der Waals surface area contributed by atoms with E-state index in [1.807, 2.05) is 13.0 Å². The van der Waals surface area contributed by atoms with E-state index in [0.29, 0.717) is 17.0 Å². The van der Waals surface area contributed by atoms with Gasteiger partial charge in [-0.15, -0.1) is 0 Å². The average Bonchev–Trinajstić information content (AvgIpc) is 2.96. The van der Waals surface area contributed by atoms with Crippen LogP contribution in [0.15, 0.2) is 72.7 Å². The van der Waals surface area contributed by atoms with Gasteiger partial charge in [-0.2, -0.15) is 0 Å². The predicted molar refractivity (Wildman–Crippen MR) is 154 cm³/mol. The van der Waals surface area contributed by atoms with Crippen molar-refractivity contribution in [3.63, 3.8) is 0 Å². The summed E-state index contributed by atoms with van der Waals surface area (Å²) in [5, 5.41) is 0. The summed E-state index contributed by atoms with van der Waals surface area (Å²) >= 11 is 0. The van der Waals surface area contributed by atoms with Crippen LogP contribution in [0.1, 0.15) is 88.7 Å². The van der Waals surface area contributed by atoms with Crippen LogP contribution in [-0.4, -0.2) is 12.3 Å². The number of hydrogen-bond acceptors (Lipinski definition) is 1. The maximum atomic E-state index is 15.3. The molecule has 5 rings (SSSR count). The summed E-state index contributed by atoms with van der Waals surface area (Å²) in [4.78, 5) is 0. The van der Waals surface area contributed by atoms with Gasteiger partial charge in [0.05, 0.1) is 6.26 Å². The van der Waals surface area contributed by atoms with Crippen molar-refractivity contribution in [1.82, 2.24) is 0 Å². The largest absolute Gasteiger partial charge is 0.466 e. The van der Waals surface area contributed by atoms with Crippen LogP contribution in [0.25, 0.3) is 16.7 Å². The number of benzene rings is 2. The first-order chi connectivity index (χ1) is 18.9. The highest BCUT2D eigenvalue weighted by molar-refractivity contribution is 5.75. The molecule has 0 bridgehead atoms. The van der Waals surface area contributed by atoms with Crippen molar-refractivity contribution >= 4 is 5.57 Å². The number of ether oxygens (including phenoxy) is 1. The van der Waals surface area contributed by atoms with Crippen molar-refractivity contribution in [1.29, 1.82) is 0 Å². The van der Waals surface area contributed by atoms with Gasteiger partial charge in [-0.05, 0) is 109 Å². The standard InChI is InChI=1S/C35H41F3O/c1-3-4-21-39-33-20-19-31(34(37)35(33)38)28-15-13-27(14-16-28)30-18-17-29(22-32(30)36)26-11-9-25(10-12-26)24-7-5-23(2)6-8-24/h4,13-26,34-35H,3,5-12H2,1-2H3/b21-4-. The summed E-state index contributed by atoms with van der Waals surface area (Å²) < 4.78 is 50.1. The third kappa shape index (κ3) is 6.36. The molecule has 0 aromatic heterocycles. The number of hydrogen-bond donors (Lipinski definition) is 0. The van der Waals surface area contributed by atoms with E-state index < -0.39 is 12.3 Å². The second kappa shape index (κ2) is 12.6. The Balaban J connectivity index is 1.23. The molecule has 2 fully saturated rings. The molecule has 0 spiro atoms. The quantitative estimate of drug-likeness (QED) is 0.321. The van der Waals surface area contributed by atoms with E-state index >= 15 is 4.39 Å². The second-order valence-electron chi connectivity index (χ2n) is 11.8. The Bertz CT molecular complexity index is 1190. The van der Waals surface area contributed by atoms with Gasteiger partial charge in [0.15, 0.2) is 12.3 Å². The Kier molecular flexibility index (Phi) is 8.99. The van der Waals surface area contributed by atoms with Crippen molar-refractivity contribution in [2.75, 3.05) is 0 Å². The summed E-state index contributed by atoms with van der Waals surface area (Å²) in [5.74, 6) is 2.80. The monoisotopic (exact) mass is 534 g/mol. The zero-order valence-corrected chi connectivity index (χ0v) is 23.2. The van der Waals surface area contributed by atoms with Crippen LogP contribution in [0.3, 0.4) is 0 Å². The molecule has 0 N–H and O–H groups in total. The summed E-state index contributed by atoms with van der Waals surface area (Å²) in [6.45, 7) is 4.31. The molecule has 0 saturated heterocycles. The Morgan fingerprint density at radius 3 is 2.08 bits per heavy atom. The van der Waals surface area contributed by atoms with E-state index in [1.165, 1.54) is 50.9 Å². The second-order valence-corrected chi connectivity index (χ2v) is 11.8. The van der Waals surface area contributed by atoms with Crippen LogP contribution >= 0.6 is 0 Å². The predicted octanol–water partition coefficient (Wildman–Crippen LogP) is 10.5. The van der Waals surface area contributed by atoms with Gasteiger partial charge in [-0.3, -0.25) is 0 Å². The van der Waals surface area contributed by atoms with Gasteiger partial charge >= 0.3 is 0 Å². The van der Waals surface area contributed by atoms with Crippen LogP contribution in [0.4, 0.5) is 13.2 Å². The maximum Gasteiger partial charge on any atom is 0.193 e. The molecule has 2 aromatic carbocycles. The normalized spacial score (nSPS) is 29.7. The minimum atomic E-state index is -1.86. The molecule has 3 aliphatic rings. The topological polar surface area (TPSA) is 9.23 Å². The third-order valence-electron chi connectivity index (χ3n) is 9.28. The Morgan fingerprint density at radius 1 is 0.795 bits per heavy atom. The maximum absolute atomic E-state index is 15.3. The van der Waals surface area contributed by atoms with Gasteiger partial charge in [0, 0.05) is 5.56 Å². The van der Waals surface area contributed by atoms with Crippen molar-refractivity contribution < 1.29 is 17.9 Å². The summed E-state index contributed by atoms with van der Waals surface area (Å²) in [6.07, 6.45) is 13.6. The summed E-state index contributed by atoms with van der Waals surface area (Å²) in [7, 11) is 0. The van der Waals surface area contributed by atoms with Gasteiger partial charge < -0.3 is 4.74 Å². The minimum Gasteiger partial charge on any atom is -0.466 e. The zero-order chi connectivity index (χ0) is 27.4. The first kappa shape index (κ1) is 27.8. The van der Waals surface area contributed by atoms with Gasteiger partial charge in [0.1, 0.15) is 11.6 Å². The fraction of sp³-hybridized carbons (Fsp3) is 0.486. The van der Waals surface area contributed by atoms with Gasteiger partial charge in [0.2, 0.25) is 0 Å². The molecule has 0 aliphatic heterocycles. The Hall–Kier alpha value is -2.75. The van der Waals surface area contributed by atoms with E-state index in [0.717, 1.165) is 48.1 Å². The Labute approximate surface area is 231 Å². The molecule has 4 heteroatoms. The van der Waals surface area contributed by atoms with Crippen LogP contribution in [0.5, 0.6) is 0 Å². The van der Waals surface area contributed by atoms with E-state index in [-0.39, 0.29) is 17.1 Å². The SMILES string of the molecule is CC/C=C\OC1=CC=C(c2ccc(-c3ccc(C4CCC(C5CCC(C)CC5)CC4)cc3F)cc2)C(F)C1F. The van der Waals surface area contributed by atoms with Gasteiger partial charge in [-0.1, -0.05) is 69.2 Å². The molecular weight excluding hydrogens is 493 g/mol. The van der Waals surface area contributed by atoms with E-state index in [2.05, 4.69) is 13.0 Å². The lowest BCUT2D eigenvalue weighted by Crippen LogP contribution is -2.24. The molecular formula is C35H41F3O. The first-order valence-electron chi connectivity index (χ1n) is 14.9. The highest BCUT2D eigenvalue weighted by atomic mass is 19.2. The fourth-order valence-corrected chi connectivity index (χ4v) is 6.78. The van der Waals surface area contributed by atoms with Crippen LogP contribution < -0.4 is 0 Å². The van der Waals surface area contributed by atoms with Crippen molar-refractivity contribution in [3.8, 4) is 11.1 Å². The first-order valence-corrected chi connectivity index (χ1v) is 14.9. The van der Waals surface area contributed by atoms with Crippen LogP contribution in [-0.2, 0) is 4.74 Å². The molecule has 2 saturated carbocycles. The molecule has 2 aromatic rings. The van der Waals surface area contributed by atoms with E-state index in [1.54, 1.807) is 42.5 Å². The lowest BCUT2D eigenvalue weighted by atomic mass is 9.68. The average molecular weight is 535 g/mol. The highest BCUT2D eigenvalue weighted by Gasteiger charge is 2.33. The Morgan fingerprint density at radius 2 is 1.44 bits per heavy atom. The zero-order valence-electron chi connectivity index (χ0n) is 23.2. The number of halogens is 3.